The summed E-state index contributed by atoms with van der Waals surface area (Å²) in [4.78, 5) is 11.3. The van der Waals surface area contributed by atoms with E-state index in [1.165, 1.54) is 5.56 Å². The smallest absolute Gasteiger partial charge is 0.352 e. The number of hydrogen-bond donors (Lipinski definition) is 1. The van der Waals surface area contributed by atoms with Crippen molar-refractivity contribution < 1.29 is 9.90 Å². The SMILES string of the molecule is CCc1ccccc1-c1ccc(C(=O)O)n1C(C)C. The third-order valence-electron chi connectivity index (χ3n) is 3.33. The molecule has 0 atom stereocenters. The van der Waals surface area contributed by atoms with Gasteiger partial charge in [0.1, 0.15) is 5.69 Å². The van der Waals surface area contributed by atoms with Gasteiger partial charge in [-0.05, 0) is 38.0 Å². The zero-order valence-electron chi connectivity index (χ0n) is 11.6. The number of nitrogens with zero attached hydrogens (tertiary/aromatic N) is 1. The van der Waals surface area contributed by atoms with E-state index in [1.807, 2.05) is 36.6 Å². The summed E-state index contributed by atoms with van der Waals surface area (Å²) in [6, 6.07) is 11.9. The topological polar surface area (TPSA) is 42.2 Å². The molecule has 3 nitrogen and oxygen atoms in total. The summed E-state index contributed by atoms with van der Waals surface area (Å²) in [5.41, 5.74) is 3.67. The molecule has 0 amide bonds. The molecule has 0 fully saturated rings. The van der Waals surface area contributed by atoms with Crippen LogP contribution >= 0.6 is 0 Å². The van der Waals surface area contributed by atoms with Gasteiger partial charge in [-0.15, -0.1) is 0 Å². The molecule has 3 heteroatoms. The molecule has 19 heavy (non-hydrogen) atoms. The predicted octanol–water partition coefficient (Wildman–Crippen LogP) is 4.00. The van der Waals surface area contributed by atoms with E-state index in [0.29, 0.717) is 5.69 Å². The maximum absolute atomic E-state index is 11.3. The normalized spacial score (nSPS) is 10.9. The third-order valence-corrected chi connectivity index (χ3v) is 3.33. The summed E-state index contributed by atoms with van der Waals surface area (Å²) in [6.45, 7) is 6.12. The van der Waals surface area contributed by atoms with E-state index in [9.17, 15) is 9.90 Å². The highest BCUT2D eigenvalue weighted by Gasteiger charge is 2.18. The fourth-order valence-corrected chi connectivity index (χ4v) is 2.48. The number of aromatic nitrogens is 1. The minimum absolute atomic E-state index is 0.112. The lowest BCUT2D eigenvalue weighted by atomic mass is 10.0. The molecular formula is C16H19NO2. The Labute approximate surface area is 113 Å². The van der Waals surface area contributed by atoms with Crippen LogP contribution in [0.2, 0.25) is 0 Å². The summed E-state index contributed by atoms with van der Waals surface area (Å²) in [6.07, 6.45) is 0.932. The van der Waals surface area contributed by atoms with Crippen LogP contribution in [0.25, 0.3) is 11.3 Å². The highest BCUT2D eigenvalue weighted by Crippen LogP contribution is 2.29. The van der Waals surface area contributed by atoms with Crippen LogP contribution in [0.4, 0.5) is 0 Å². The maximum Gasteiger partial charge on any atom is 0.352 e. The molecule has 0 aliphatic rings. The van der Waals surface area contributed by atoms with Crippen LogP contribution in [0.5, 0.6) is 0 Å². The van der Waals surface area contributed by atoms with Gasteiger partial charge in [-0.3, -0.25) is 0 Å². The van der Waals surface area contributed by atoms with Crippen LogP contribution < -0.4 is 0 Å². The summed E-state index contributed by atoms with van der Waals surface area (Å²) >= 11 is 0. The Morgan fingerprint density at radius 2 is 1.89 bits per heavy atom. The number of aryl methyl sites for hydroxylation is 1. The van der Waals surface area contributed by atoms with Crippen molar-refractivity contribution in [3.63, 3.8) is 0 Å². The fraction of sp³-hybridized carbons (Fsp3) is 0.312. The fourth-order valence-electron chi connectivity index (χ4n) is 2.48. The second kappa shape index (κ2) is 5.31. The Morgan fingerprint density at radius 3 is 2.47 bits per heavy atom. The molecule has 1 N–H and O–H groups in total. The van der Waals surface area contributed by atoms with E-state index in [2.05, 4.69) is 19.1 Å². The largest absolute Gasteiger partial charge is 0.477 e. The van der Waals surface area contributed by atoms with Crippen LogP contribution in [0.15, 0.2) is 36.4 Å². The molecule has 0 aliphatic carbocycles. The molecule has 0 saturated carbocycles. The molecule has 1 heterocycles. The molecule has 100 valence electrons. The van der Waals surface area contributed by atoms with E-state index in [1.54, 1.807) is 6.07 Å². The Morgan fingerprint density at radius 1 is 1.21 bits per heavy atom. The summed E-state index contributed by atoms with van der Waals surface area (Å²) in [7, 11) is 0. The van der Waals surface area contributed by atoms with Crippen LogP contribution in [-0.4, -0.2) is 15.6 Å². The number of benzene rings is 1. The molecule has 1 aromatic heterocycles. The minimum atomic E-state index is -0.881. The summed E-state index contributed by atoms with van der Waals surface area (Å²) < 4.78 is 1.89. The van der Waals surface area contributed by atoms with E-state index < -0.39 is 5.97 Å². The Balaban J connectivity index is 2.66. The molecule has 0 radical (unpaired) electrons. The highest BCUT2D eigenvalue weighted by atomic mass is 16.4. The molecule has 0 unspecified atom stereocenters. The first-order valence-electron chi connectivity index (χ1n) is 6.59. The van der Waals surface area contributed by atoms with Crippen LogP contribution in [0.3, 0.4) is 0 Å². The molecule has 0 saturated heterocycles. The Kier molecular flexibility index (Phi) is 3.74. The zero-order chi connectivity index (χ0) is 14.0. The second-order valence-corrected chi connectivity index (χ2v) is 4.88. The number of rotatable bonds is 4. The molecule has 0 bridgehead atoms. The standard InChI is InChI=1S/C16H19NO2/c1-4-12-7-5-6-8-13(12)14-9-10-15(16(18)19)17(14)11(2)3/h5-11H,4H2,1-3H3,(H,18,19). The Bertz CT molecular complexity index is 597. The average Bonchev–Trinajstić information content (AvgIpc) is 2.83. The van der Waals surface area contributed by atoms with Gasteiger partial charge in [-0.1, -0.05) is 31.2 Å². The molecular weight excluding hydrogens is 238 g/mol. The van der Waals surface area contributed by atoms with Crippen molar-refractivity contribution in [2.45, 2.75) is 33.2 Å². The van der Waals surface area contributed by atoms with Crippen molar-refractivity contribution >= 4 is 5.97 Å². The van der Waals surface area contributed by atoms with Gasteiger partial charge in [0.2, 0.25) is 0 Å². The van der Waals surface area contributed by atoms with Crippen molar-refractivity contribution in [2.24, 2.45) is 0 Å². The lowest BCUT2D eigenvalue weighted by molar-refractivity contribution is 0.0683. The quantitative estimate of drug-likeness (QED) is 0.899. The number of carbonyl (C=O) groups is 1. The third kappa shape index (κ3) is 2.41. The molecule has 1 aromatic carbocycles. The molecule has 2 aromatic rings. The molecule has 0 spiro atoms. The molecule has 0 aliphatic heterocycles. The summed E-state index contributed by atoms with van der Waals surface area (Å²) in [5.74, 6) is -0.881. The van der Waals surface area contributed by atoms with Crippen LogP contribution in [0, 0.1) is 0 Å². The monoisotopic (exact) mass is 257 g/mol. The maximum atomic E-state index is 11.3. The number of aromatic carboxylic acids is 1. The predicted molar refractivity (Wildman–Crippen MR) is 76.6 cm³/mol. The van der Waals surface area contributed by atoms with E-state index in [-0.39, 0.29) is 6.04 Å². The van der Waals surface area contributed by atoms with Gasteiger partial charge in [0.15, 0.2) is 0 Å². The van der Waals surface area contributed by atoms with Crippen molar-refractivity contribution in [3.05, 3.63) is 47.7 Å². The highest BCUT2D eigenvalue weighted by molar-refractivity contribution is 5.87. The van der Waals surface area contributed by atoms with Gasteiger partial charge < -0.3 is 9.67 Å². The van der Waals surface area contributed by atoms with Gasteiger partial charge in [-0.2, -0.15) is 0 Å². The van der Waals surface area contributed by atoms with Crippen molar-refractivity contribution in [1.82, 2.24) is 4.57 Å². The first-order valence-corrected chi connectivity index (χ1v) is 6.59. The number of hydrogen-bond acceptors (Lipinski definition) is 1. The van der Waals surface area contributed by atoms with E-state index in [0.717, 1.165) is 17.7 Å². The first kappa shape index (κ1) is 13.4. The second-order valence-electron chi connectivity index (χ2n) is 4.88. The van der Waals surface area contributed by atoms with Gasteiger partial charge in [0, 0.05) is 17.3 Å². The van der Waals surface area contributed by atoms with Gasteiger partial charge in [-0.25, -0.2) is 4.79 Å². The van der Waals surface area contributed by atoms with Crippen LogP contribution in [-0.2, 0) is 6.42 Å². The minimum Gasteiger partial charge on any atom is -0.477 e. The lowest BCUT2D eigenvalue weighted by Crippen LogP contribution is -2.12. The van der Waals surface area contributed by atoms with Crippen LogP contribution in [0.1, 0.15) is 42.9 Å². The van der Waals surface area contributed by atoms with Crippen molar-refractivity contribution in [3.8, 4) is 11.3 Å². The molecule has 2 rings (SSSR count). The van der Waals surface area contributed by atoms with E-state index in [4.69, 9.17) is 0 Å². The summed E-state index contributed by atoms with van der Waals surface area (Å²) in [5, 5.41) is 9.28. The van der Waals surface area contributed by atoms with Gasteiger partial charge in [0.05, 0.1) is 0 Å². The van der Waals surface area contributed by atoms with Gasteiger partial charge >= 0.3 is 5.97 Å². The number of carboxylic acid groups (broad SMARTS) is 1. The Hall–Kier alpha value is -2.03. The van der Waals surface area contributed by atoms with Crippen molar-refractivity contribution in [1.29, 1.82) is 0 Å². The van der Waals surface area contributed by atoms with Gasteiger partial charge in [0.25, 0.3) is 0 Å². The van der Waals surface area contributed by atoms with E-state index >= 15 is 0 Å². The van der Waals surface area contributed by atoms with Crippen molar-refractivity contribution in [2.75, 3.05) is 0 Å². The lowest BCUT2D eigenvalue weighted by Gasteiger charge is -2.17. The first-order chi connectivity index (χ1) is 9.06. The number of carboxylic acids is 1. The average molecular weight is 257 g/mol. The zero-order valence-corrected chi connectivity index (χ0v) is 11.6.